The number of nitrogens with one attached hydrogen (secondary N) is 2. The van der Waals surface area contributed by atoms with Gasteiger partial charge in [0.2, 0.25) is 0 Å². The van der Waals surface area contributed by atoms with Gasteiger partial charge in [-0.05, 0) is 52.7 Å². The lowest BCUT2D eigenvalue weighted by atomic mass is 10.0. The minimum absolute atomic E-state index is 0.00366. The fourth-order valence-corrected chi connectivity index (χ4v) is 3.41. The molecule has 0 fully saturated rings. The van der Waals surface area contributed by atoms with E-state index in [0.29, 0.717) is 0 Å². The van der Waals surface area contributed by atoms with Crippen molar-refractivity contribution in [2.75, 3.05) is 0 Å². The van der Waals surface area contributed by atoms with Gasteiger partial charge in [-0.1, -0.05) is 0 Å². The number of hydrogen-bond acceptors (Lipinski definition) is 5. The zero-order chi connectivity index (χ0) is 24.3. The van der Waals surface area contributed by atoms with E-state index < -0.39 is 12.2 Å². The lowest BCUT2D eigenvalue weighted by Gasteiger charge is -2.08. The topological polar surface area (TPSA) is 157 Å². The molecule has 1 aliphatic rings. The van der Waals surface area contributed by atoms with E-state index in [-0.39, 0.29) is 25.3 Å². The number of carboxylic acid groups (broad SMARTS) is 2. The van der Waals surface area contributed by atoms with Crippen LogP contribution in [0.1, 0.15) is 50.9 Å². The number of aromatic nitrogens is 2. The number of fused-ring (bicyclic) bond motifs is 1. The summed E-state index contributed by atoms with van der Waals surface area (Å²) in [7, 11) is 0. The summed E-state index contributed by atoms with van der Waals surface area (Å²) in [5.74, 6) is 0. The molecule has 1 aliphatic heterocycles. The molecule has 0 atom stereocenters. The average molecular weight is 451 g/mol. The van der Waals surface area contributed by atoms with Crippen molar-refractivity contribution < 1.29 is 30.0 Å². The Hall–Kier alpha value is -3.11. The second-order valence-electron chi connectivity index (χ2n) is 7.77. The third kappa shape index (κ3) is 8.20. The van der Waals surface area contributed by atoms with Gasteiger partial charge in [-0.25, -0.2) is 9.59 Å². The van der Waals surface area contributed by atoms with Crippen LogP contribution in [-0.2, 0) is 26.2 Å². The predicted octanol–water partition coefficient (Wildman–Crippen LogP) is 2.81. The molecule has 10 heteroatoms. The first-order chi connectivity index (χ1) is 15.1. The summed E-state index contributed by atoms with van der Waals surface area (Å²) >= 11 is 0. The Balaban J connectivity index is 0.000000305. The van der Waals surface area contributed by atoms with Crippen molar-refractivity contribution in [3.8, 4) is 11.3 Å². The van der Waals surface area contributed by atoms with Crippen molar-refractivity contribution >= 4 is 12.2 Å². The lowest BCUT2D eigenvalue weighted by Crippen LogP contribution is -2.27. The number of pyridine rings is 1. The van der Waals surface area contributed by atoms with E-state index in [4.69, 9.17) is 10.2 Å². The number of nitrogens with zero attached hydrogens (tertiary/aromatic N) is 2. The SMILES string of the molecule is CC(C)NC(=O)O.CC(C)NC(=O)O.OCc1c(CO)c(-c2ccncc2)n2c1CCC2. The first-order valence-corrected chi connectivity index (χ1v) is 10.5. The summed E-state index contributed by atoms with van der Waals surface area (Å²) < 4.78 is 2.23. The maximum absolute atomic E-state index is 9.70. The van der Waals surface area contributed by atoms with Crippen LogP contribution in [0, 0.1) is 0 Å². The number of aliphatic hydroxyl groups excluding tert-OH is 2. The molecule has 0 unspecified atom stereocenters. The lowest BCUT2D eigenvalue weighted by molar-refractivity contribution is 0.190. The van der Waals surface area contributed by atoms with E-state index >= 15 is 0 Å². The van der Waals surface area contributed by atoms with E-state index in [0.717, 1.165) is 41.8 Å². The summed E-state index contributed by atoms with van der Waals surface area (Å²) in [4.78, 5) is 23.4. The Labute approximate surface area is 187 Å². The molecule has 2 amide bonds. The van der Waals surface area contributed by atoms with Gasteiger partial charge in [-0.3, -0.25) is 4.98 Å². The summed E-state index contributed by atoms with van der Waals surface area (Å²) in [6.07, 6.45) is 3.67. The maximum atomic E-state index is 9.70. The van der Waals surface area contributed by atoms with E-state index in [1.54, 1.807) is 40.1 Å². The summed E-state index contributed by atoms with van der Waals surface area (Å²) in [5, 5.41) is 39.5. The van der Waals surface area contributed by atoms with Crippen LogP contribution in [-0.4, -0.2) is 54.2 Å². The summed E-state index contributed by atoms with van der Waals surface area (Å²) in [5.41, 5.74) is 5.03. The van der Waals surface area contributed by atoms with E-state index in [1.165, 1.54) is 5.69 Å². The molecule has 0 saturated carbocycles. The van der Waals surface area contributed by atoms with Crippen LogP contribution in [0.5, 0.6) is 0 Å². The second-order valence-corrected chi connectivity index (χ2v) is 7.77. The van der Waals surface area contributed by atoms with Crippen LogP contribution in [0.15, 0.2) is 24.5 Å². The fourth-order valence-electron chi connectivity index (χ4n) is 3.41. The molecule has 10 nitrogen and oxygen atoms in total. The van der Waals surface area contributed by atoms with Gasteiger partial charge in [0.1, 0.15) is 0 Å². The summed E-state index contributed by atoms with van der Waals surface area (Å²) in [6, 6.07) is 3.94. The summed E-state index contributed by atoms with van der Waals surface area (Å²) in [6.45, 7) is 8.01. The van der Waals surface area contributed by atoms with Crippen LogP contribution in [0.2, 0.25) is 0 Å². The molecule has 32 heavy (non-hydrogen) atoms. The Bertz CT molecular complexity index is 845. The average Bonchev–Trinajstić information content (AvgIpc) is 3.27. The van der Waals surface area contributed by atoms with Gasteiger partial charge in [0, 0.05) is 53.4 Å². The zero-order valence-electron chi connectivity index (χ0n) is 19.0. The Kier molecular flexibility index (Phi) is 11.2. The molecule has 2 aromatic heterocycles. The molecule has 0 bridgehead atoms. The van der Waals surface area contributed by atoms with Crippen molar-refractivity contribution in [1.29, 1.82) is 0 Å². The van der Waals surface area contributed by atoms with Gasteiger partial charge in [-0.15, -0.1) is 0 Å². The van der Waals surface area contributed by atoms with Crippen LogP contribution in [0.4, 0.5) is 9.59 Å². The zero-order valence-corrected chi connectivity index (χ0v) is 19.0. The van der Waals surface area contributed by atoms with Crippen LogP contribution >= 0.6 is 0 Å². The first-order valence-electron chi connectivity index (χ1n) is 10.5. The highest BCUT2D eigenvalue weighted by atomic mass is 16.4. The van der Waals surface area contributed by atoms with Gasteiger partial charge in [0.05, 0.1) is 18.9 Å². The van der Waals surface area contributed by atoms with Crippen molar-refractivity contribution in [1.82, 2.24) is 20.2 Å². The maximum Gasteiger partial charge on any atom is 0.404 e. The molecule has 0 radical (unpaired) electrons. The quantitative estimate of drug-likeness (QED) is 0.409. The van der Waals surface area contributed by atoms with Gasteiger partial charge in [0.15, 0.2) is 0 Å². The molecule has 2 aromatic rings. The molecule has 0 aliphatic carbocycles. The van der Waals surface area contributed by atoms with Gasteiger partial charge in [-0.2, -0.15) is 0 Å². The highest BCUT2D eigenvalue weighted by molar-refractivity contribution is 5.67. The number of carbonyl (C=O) groups is 2. The van der Waals surface area contributed by atoms with E-state index in [1.807, 2.05) is 12.1 Å². The monoisotopic (exact) mass is 450 g/mol. The Morgan fingerprint density at radius 2 is 1.47 bits per heavy atom. The molecule has 0 saturated heterocycles. The number of amides is 2. The van der Waals surface area contributed by atoms with Crippen molar-refractivity contribution in [2.24, 2.45) is 0 Å². The smallest absolute Gasteiger partial charge is 0.404 e. The van der Waals surface area contributed by atoms with E-state index in [9.17, 15) is 19.8 Å². The highest BCUT2D eigenvalue weighted by Gasteiger charge is 2.25. The minimum Gasteiger partial charge on any atom is -0.465 e. The number of hydrogen-bond donors (Lipinski definition) is 6. The number of aliphatic hydroxyl groups is 2. The molecular weight excluding hydrogens is 416 g/mol. The Morgan fingerprint density at radius 3 is 1.84 bits per heavy atom. The highest BCUT2D eigenvalue weighted by Crippen LogP contribution is 2.35. The molecule has 3 rings (SSSR count). The Morgan fingerprint density at radius 1 is 0.969 bits per heavy atom. The molecule has 6 N–H and O–H groups in total. The van der Waals surface area contributed by atoms with Crippen molar-refractivity contribution in [3.63, 3.8) is 0 Å². The standard InChI is InChI=1S/C14H16N2O2.2C4H9NO2/c17-8-11-12(9-18)14(10-3-5-15-6-4-10)16-7-1-2-13(11)16;2*1-3(2)5-4(6)7/h3-6,17-18H,1-2,7-9H2;2*3,5H,1-2H3,(H,6,7). The van der Waals surface area contributed by atoms with Crippen molar-refractivity contribution in [3.05, 3.63) is 41.3 Å². The second kappa shape index (κ2) is 13.3. The van der Waals surface area contributed by atoms with Gasteiger partial charge in [0.25, 0.3) is 0 Å². The molecular formula is C22H34N4O6. The molecule has 0 spiro atoms. The van der Waals surface area contributed by atoms with Crippen LogP contribution < -0.4 is 10.6 Å². The predicted molar refractivity (Wildman–Crippen MR) is 120 cm³/mol. The van der Waals surface area contributed by atoms with E-state index in [2.05, 4.69) is 20.2 Å². The minimum atomic E-state index is -0.963. The van der Waals surface area contributed by atoms with Crippen LogP contribution in [0.25, 0.3) is 11.3 Å². The van der Waals surface area contributed by atoms with Gasteiger partial charge >= 0.3 is 12.2 Å². The third-order valence-electron chi connectivity index (χ3n) is 4.48. The first kappa shape index (κ1) is 26.9. The largest absolute Gasteiger partial charge is 0.465 e. The molecule has 178 valence electrons. The van der Waals surface area contributed by atoms with Gasteiger partial charge < -0.3 is 35.6 Å². The fraction of sp³-hybridized carbons (Fsp3) is 0.500. The normalized spacial score (nSPS) is 11.8. The number of rotatable bonds is 5. The van der Waals surface area contributed by atoms with Crippen LogP contribution in [0.3, 0.4) is 0 Å². The van der Waals surface area contributed by atoms with Crippen molar-refractivity contribution in [2.45, 2.75) is 72.4 Å². The molecule has 3 heterocycles. The third-order valence-corrected chi connectivity index (χ3v) is 4.48. The molecule has 0 aromatic carbocycles.